The molecule has 0 aromatic heterocycles. The van der Waals surface area contributed by atoms with Crippen molar-refractivity contribution in [3.05, 3.63) is 12.7 Å². The molecule has 10 nitrogen and oxygen atoms in total. The van der Waals surface area contributed by atoms with E-state index in [0.717, 1.165) is 6.08 Å². The Balaban J connectivity index is 1.72. The number of fused-ring (bicyclic) bond motifs is 1. The molecule has 0 amide bonds. The first kappa shape index (κ1) is 16.9. The van der Waals surface area contributed by atoms with Crippen LogP contribution in [-0.2, 0) is 47.6 Å². The molecule has 3 fully saturated rings. The van der Waals surface area contributed by atoms with Gasteiger partial charge >= 0.3 is 11.9 Å². The summed E-state index contributed by atoms with van der Waals surface area (Å²) in [7, 11) is -3.99. The number of rotatable bonds is 7. The van der Waals surface area contributed by atoms with E-state index in [1.807, 2.05) is 0 Å². The summed E-state index contributed by atoms with van der Waals surface area (Å²) in [6, 6.07) is 0. The standard InChI is InChI=1S/C13H14O10S/c1-2-7(15)20-4-8(16)21-11-9-6(3-19-5-14)10-12(22-9)13(11)24(17,18)23-10/h2,5-6,9-13H,1,3-4H2. The summed E-state index contributed by atoms with van der Waals surface area (Å²) in [5.74, 6) is -2.33. The monoisotopic (exact) mass is 362 g/mol. The smallest absolute Gasteiger partial charge is 0.344 e. The molecular formula is C13H14O10S. The van der Waals surface area contributed by atoms with Crippen LogP contribution in [0.15, 0.2) is 12.7 Å². The number of hydrogen-bond acceptors (Lipinski definition) is 10. The first-order valence-electron chi connectivity index (χ1n) is 7.00. The minimum absolute atomic E-state index is 0.128. The fraction of sp³-hybridized carbons (Fsp3) is 0.615. The highest BCUT2D eigenvalue weighted by Crippen LogP contribution is 2.51. The number of hydrogen-bond donors (Lipinski definition) is 0. The van der Waals surface area contributed by atoms with Gasteiger partial charge in [0.2, 0.25) is 0 Å². The lowest BCUT2D eigenvalue weighted by Crippen LogP contribution is -2.49. The summed E-state index contributed by atoms with van der Waals surface area (Å²) in [6.07, 6.45) is -2.62. The van der Waals surface area contributed by atoms with Gasteiger partial charge < -0.3 is 18.9 Å². The third kappa shape index (κ3) is 2.68. The van der Waals surface area contributed by atoms with Crippen LogP contribution in [0.2, 0.25) is 0 Å². The van der Waals surface area contributed by atoms with Gasteiger partial charge in [0, 0.05) is 6.08 Å². The highest BCUT2D eigenvalue weighted by molar-refractivity contribution is 7.87. The van der Waals surface area contributed by atoms with Crippen molar-refractivity contribution in [1.29, 1.82) is 0 Å². The fourth-order valence-electron chi connectivity index (χ4n) is 3.27. The van der Waals surface area contributed by atoms with E-state index >= 15 is 0 Å². The molecule has 6 unspecified atom stereocenters. The van der Waals surface area contributed by atoms with Crippen LogP contribution in [0.5, 0.6) is 0 Å². The molecule has 0 aromatic carbocycles. The summed E-state index contributed by atoms with van der Waals surface area (Å²) in [5.41, 5.74) is 0. The van der Waals surface area contributed by atoms with Crippen molar-refractivity contribution in [3.8, 4) is 0 Å². The molecule has 132 valence electrons. The van der Waals surface area contributed by atoms with Crippen LogP contribution in [-0.4, -0.2) is 69.7 Å². The topological polar surface area (TPSA) is 132 Å². The van der Waals surface area contributed by atoms with Crippen molar-refractivity contribution >= 4 is 28.5 Å². The van der Waals surface area contributed by atoms with E-state index in [4.69, 9.17) is 13.7 Å². The molecule has 0 N–H and O–H groups in total. The Morgan fingerprint density at radius 1 is 1.21 bits per heavy atom. The molecule has 3 heterocycles. The van der Waals surface area contributed by atoms with Crippen molar-refractivity contribution in [3.63, 3.8) is 0 Å². The first-order valence-corrected chi connectivity index (χ1v) is 8.47. The van der Waals surface area contributed by atoms with Crippen LogP contribution in [0, 0.1) is 5.92 Å². The van der Waals surface area contributed by atoms with E-state index in [0.29, 0.717) is 0 Å². The lowest BCUT2D eigenvalue weighted by Gasteiger charge is -2.27. The minimum Gasteiger partial charge on any atom is -0.467 e. The molecule has 3 aliphatic heterocycles. The van der Waals surface area contributed by atoms with Gasteiger partial charge in [0.25, 0.3) is 16.6 Å². The molecule has 0 spiro atoms. The summed E-state index contributed by atoms with van der Waals surface area (Å²) in [4.78, 5) is 33.1. The number of esters is 2. The van der Waals surface area contributed by atoms with Crippen LogP contribution in [0.1, 0.15) is 0 Å². The van der Waals surface area contributed by atoms with Crippen molar-refractivity contribution in [2.45, 2.75) is 29.7 Å². The summed E-state index contributed by atoms with van der Waals surface area (Å²) < 4.78 is 49.2. The zero-order chi connectivity index (χ0) is 17.5. The normalized spacial score (nSPS) is 37.7. The van der Waals surface area contributed by atoms with Crippen molar-refractivity contribution in [2.75, 3.05) is 13.2 Å². The first-order chi connectivity index (χ1) is 11.4. The zero-order valence-corrected chi connectivity index (χ0v) is 13.0. The zero-order valence-electron chi connectivity index (χ0n) is 12.2. The van der Waals surface area contributed by atoms with E-state index in [1.54, 1.807) is 0 Å². The molecule has 3 saturated heterocycles. The van der Waals surface area contributed by atoms with Crippen LogP contribution in [0.25, 0.3) is 0 Å². The molecule has 3 rings (SSSR count). The molecule has 0 saturated carbocycles. The van der Waals surface area contributed by atoms with Gasteiger partial charge in [0.15, 0.2) is 18.0 Å². The Morgan fingerprint density at radius 3 is 2.62 bits per heavy atom. The van der Waals surface area contributed by atoms with Gasteiger partial charge in [-0.3, -0.25) is 8.98 Å². The summed E-state index contributed by atoms with van der Waals surface area (Å²) in [5, 5.41) is -1.15. The Labute approximate surface area is 136 Å². The van der Waals surface area contributed by atoms with Gasteiger partial charge in [0.05, 0.1) is 12.5 Å². The van der Waals surface area contributed by atoms with E-state index in [1.165, 1.54) is 0 Å². The molecule has 24 heavy (non-hydrogen) atoms. The van der Waals surface area contributed by atoms with Crippen LogP contribution in [0.3, 0.4) is 0 Å². The molecule has 6 atom stereocenters. The molecule has 0 aliphatic carbocycles. The SMILES string of the molecule is C=CC(=O)OCC(=O)OC1C2OC3C(OS(=O)(=O)C13)C2COC=O. The average molecular weight is 362 g/mol. The molecule has 0 radical (unpaired) electrons. The lowest BCUT2D eigenvalue weighted by molar-refractivity contribution is -0.163. The second-order valence-electron chi connectivity index (χ2n) is 5.44. The van der Waals surface area contributed by atoms with Crippen molar-refractivity contribution in [1.82, 2.24) is 0 Å². The maximum atomic E-state index is 12.1. The Morgan fingerprint density at radius 2 is 1.96 bits per heavy atom. The van der Waals surface area contributed by atoms with E-state index in [-0.39, 0.29) is 13.1 Å². The molecular weight excluding hydrogens is 348 g/mol. The van der Waals surface area contributed by atoms with Crippen molar-refractivity contribution in [2.24, 2.45) is 5.92 Å². The van der Waals surface area contributed by atoms with Crippen LogP contribution in [0.4, 0.5) is 0 Å². The Hall–Kier alpha value is -1.98. The molecule has 3 aliphatic rings. The quantitative estimate of drug-likeness (QED) is 0.170. The highest BCUT2D eigenvalue weighted by Gasteiger charge is 2.72. The molecule has 11 heteroatoms. The fourth-order valence-corrected chi connectivity index (χ4v) is 5.05. The predicted octanol–water partition coefficient (Wildman–Crippen LogP) is -1.71. The third-order valence-electron chi connectivity index (χ3n) is 4.16. The number of carbonyl (C=O) groups is 3. The third-order valence-corrected chi connectivity index (χ3v) is 5.85. The predicted molar refractivity (Wildman–Crippen MR) is 72.8 cm³/mol. The number of carbonyl (C=O) groups excluding carboxylic acids is 3. The summed E-state index contributed by atoms with van der Waals surface area (Å²) >= 11 is 0. The van der Waals surface area contributed by atoms with E-state index in [9.17, 15) is 22.8 Å². The molecule has 0 aromatic rings. The van der Waals surface area contributed by atoms with E-state index < -0.39 is 64.2 Å². The second-order valence-corrected chi connectivity index (χ2v) is 7.17. The Kier molecular flexibility index (Phi) is 4.32. The van der Waals surface area contributed by atoms with E-state index in [2.05, 4.69) is 16.1 Å². The lowest BCUT2D eigenvalue weighted by atomic mass is 9.85. The van der Waals surface area contributed by atoms with Crippen LogP contribution >= 0.6 is 0 Å². The summed E-state index contributed by atoms with van der Waals surface area (Å²) in [6.45, 7) is 2.58. The minimum atomic E-state index is -3.99. The van der Waals surface area contributed by atoms with Gasteiger partial charge in [-0.25, -0.2) is 9.59 Å². The maximum absolute atomic E-state index is 12.1. The maximum Gasteiger partial charge on any atom is 0.344 e. The second kappa shape index (κ2) is 6.15. The Bertz CT molecular complexity index is 670. The van der Waals surface area contributed by atoms with Gasteiger partial charge in [0.1, 0.15) is 18.3 Å². The van der Waals surface area contributed by atoms with Gasteiger partial charge in [-0.05, 0) is 0 Å². The number of ether oxygens (including phenoxy) is 4. The van der Waals surface area contributed by atoms with Crippen LogP contribution < -0.4 is 0 Å². The highest BCUT2D eigenvalue weighted by atomic mass is 32.2. The van der Waals surface area contributed by atoms with Gasteiger partial charge in [-0.2, -0.15) is 8.42 Å². The largest absolute Gasteiger partial charge is 0.467 e. The van der Waals surface area contributed by atoms with Gasteiger partial charge in [-0.15, -0.1) is 0 Å². The average Bonchev–Trinajstić information content (AvgIpc) is 3.12. The van der Waals surface area contributed by atoms with Gasteiger partial charge in [-0.1, -0.05) is 6.58 Å². The van der Waals surface area contributed by atoms with Crippen molar-refractivity contribution < 1.29 is 45.9 Å². The molecule has 2 bridgehead atoms.